The van der Waals surface area contributed by atoms with Gasteiger partial charge in [-0.1, -0.05) is 42.5 Å². The number of carboxylic acids is 1. The van der Waals surface area contributed by atoms with Crippen molar-refractivity contribution in [3.8, 4) is 5.75 Å². The lowest BCUT2D eigenvalue weighted by Gasteiger charge is -2.45. The number of hydrogen-bond acceptors (Lipinski definition) is 5. The quantitative estimate of drug-likeness (QED) is 0.367. The van der Waals surface area contributed by atoms with Crippen LogP contribution in [0, 0.1) is 11.8 Å². The third-order valence-corrected chi connectivity index (χ3v) is 10.8. The fourth-order valence-electron chi connectivity index (χ4n) is 7.66. The molecular formula is C35H43ClN2O4. The second kappa shape index (κ2) is 11.6. The second-order valence-electron chi connectivity index (χ2n) is 13.1. The van der Waals surface area contributed by atoms with Gasteiger partial charge in [0.25, 0.3) is 0 Å². The maximum Gasteiger partial charge on any atom is 0.311 e. The molecular weight excluding hydrogens is 548 g/mol. The lowest BCUT2D eigenvalue weighted by molar-refractivity contribution is -0.138. The number of benzene rings is 2. The first-order valence-electron chi connectivity index (χ1n) is 15.4. The zero-order chi connectivity index (χ0) is 29.6. The van der Waals surface area contributed by atoms with Crippen LogP contribution < -0.4 is 9.64 Å². The average molecular weight is 591 g/mol. The lowest BCUT2D eigenvalue weighted by atomic mass is 9.68. The van der Waals surface area contributed by atoms with Gasteiger partial charge < -0.3 is 24.7 Å². The van der Waals surface area contributed by atoms with Crippen molar-refractivity contribution in [2.24, 2.45) is 11.8 Å². The van der Waals surface area contributed by atoms with E-state index < -0.39 is 18.0 Å². The van der Waals surface area contributed by atoms with Crippen molar-refractivity contribution in [3.05, 3.63) is 82.5 Å². The minimum atomic E-state index is -0.851. The summed E-state index contributed by atoms with van der Waals surface area (Å²) in [5.41, 5.74) is 4.91. The maximum absolute atomic E-state index is 12.6. The van der Waals surface area contributed by atoms with Crippen molar-refractivity contribution in [3.63, 3.8) is 0 Å². The van der Waals surface area contributed by atoms with E-state index in [0.717, 1.165) is 79.3 Å². The van der Waals surface area contributed by atoms with Crippen molar-refractivity contribution in [2.75, 3.05) is 31.6 Å². The molecule has 6 rings (SSSR count). The van der Waals surface area contributed by atoms with E-state index in [1.165, 1.54) is 11.1 Å². The van der Waals surface area contributed by atoms with E-state index in [4.69, 9.17) is 16.3 Å². The summed E-state index contributed by atoms with van der Waals surface area (Å²) in [6, 6.07) is 12.3. The molecule has 1 saturated carbocycles. The highest BCUT2D eigenvalue weighted by Crippen LogP contribution is 2.47. The predicted molar refractivity (Wildman–Crippen MR) is 168 cm³/mol. The van der Waals surface area contributed by atoms with Gasteiger partial charge in [0.2, 0.25) is 0 Å². The third kappa shape index (κ3) is 5.44. The molecule has 2 aliphatic carbocycles. The average Bonchev–Trinajstić information content (AvgIpc) is 3.09. The van der Waals surface area contributed by atoms with Crippen LogP contribution in [0.4, 0.5) is 5.69 Å². The van der Waals surface area contributed by atoms with Crippen molar-refractivity contribution >= 4 is 23.3 Å². The number of rotatable bonds is 1. The number of allylic oxidation sites excluding steroid dienone is 1. The Balaban J connectivity index is 1.43. The van der Waals surface area contributed by atoms with Gasteiger partial charge in [-0.05, 0) is 98.2 Å². The molecule has 2 N–H and O–H groups in total. The van der Waals surface area contributed by atoms with Crippen molar-refractivity contribution in [1.29, 1.82) is 0 Å². The zero-order valence-corrected chi connectivity index (χ0v) is 25.5. The minimum Gasteiger partial charge on any atom is -0.490 e. The Morgan fingerprint density at radius 1 is 1.19 bits per heavy atom. The number of aliphatic hydroxyl groups excluding tert-OH is 1. The molecule has 0 aromatic heterocycles. The molecule has 1 fully saturated rings. The maximum atomic E-state index is 12.6. The Morgan fingerprint density at radius 2 is 2.02 bits per heavy atom. The number of carboxylic acid groups (broad SMARTS) is 1. The number of aryl methyl sites for hydroxylation is 1. The van der Waals surface area contributed by atoms with Crippen molar-refractivity contribution in [2.45, 2.75) is 75.3 Å². The molecule has 6 nitrogen and oxygen atoms in total. The van der Waals surface area contributed by atoms with Crippen LogP contribution in [0.15, 0.2) is 60.8 Å². The molecule has 6 atom stereocenters. The SMILES string of the molecule is C=C1C[C@@H](C(=O)O)c2ccc3c(c2)N(C[C@@H]2CC[C@H]2[C@@H](O)/C=C/C[C@H](C)N1C)C[C@@]1(CCCc2cc(Cl)ccc21)CO3. The molecule has 0 unspecified atom stereocenters. The molecule has 0 radical (unpaired) electrons. The van der Waals surface area contributed by atoms with Gasteiger partial charge in [0.1, 0.15) is 5.75 Å². The van der Waals surface area contributed by atoms with Crippen LogP contribution in [0.1, 0.15) is 68.1 Å². The van der Waals surface area contributed by atoms with Crippen LogP contribution in [-0.4, -0.2) is 60.0 Å². The molecule has 42 heavy (non-hydrogen) atoms. The molecule has 224 valence electrons. The Hall–Kier alpha value is -2.96. The number of ether oxygens (including phenoxy) is 1. The van der Waals surface area contributed by atoms with Gasteiger partial charge in [-0.3, -0.25) is 4.79 Å². The number of aliphatic carboxylic acids is 1. The number of hydrogen-bond donors (Lipinski definition) is 2. The third-order valence-electron chi connectivity index (χ3n) is 10.5. The summed E-state index contributed by atoms with van der Waals surface area (Å²) in [4.78, 5) is 17.2. The van der Waals surface area contributed by atoms with E-state index in [0.29, 0.717) is 18.9 Å². The van der Waals surface area contributed by atoms with Gasteiger partial charge >= 0.3 is 5.97 Å². The first kappa shape index (κ1) is 29.1. The summed E-state index contributed by atoms with van der Waals surface area (Å²) in [6.07, 6.45) is 9.82. The Kier molecular flexibility index (Phi) is 8.05. The van der Waals surface area contributed by atoms with E-state index in [1.807, 2.05) is 37.4 Å². The highest BCUT2D eigenvalue weighted by molar-refractivity contribution is 6.30. The summed E-state index contributed by atoms with van der Waals surface area (Å²) >= 11 is 6.42. The number of carbonyl (C=O) groups is 1. The van der Waals surface area contributed by atoms with Gasteiger partial charge in [-0.2, -0.15) is 0 Å². The normalized spacial score (nSPS) is 32.2. The monoisotopic (exact) mass is 590 g/mol. The second-order valence-corrected chi connectivity index (χ2v) is 13.5. The van der Waals surface area contributed by atoms with E-state index in [1.54, 1.807) is 0 Å². The van der Waals surface area contributed by atoms with Gasteiger partial charge in [-0.15, -0.1) is 0 Å². The smallest absolute Gasteiger partial charge is 0.311 e. The van der Waals surface area contributed by atoms with Gasteiger partial charge in [0.05, 0.1) is 24.3 Å². The summed E-state index contributed by atoms with van der Waals surface area (Å²) in [6.45, 7) is 8.51. The van der Waals surface area contributed by atoms with Crippen molar-refractivity contribution < 1.29 is 19.7 Å². The zero-order valence-electron chi connectivity index (χ0n) is 24.8. The van der Waals surface area contributed by atoms with E-state index in [9.17, 15) is 15.0 Å². The van der Waals surface area contributed by atoms with Crippen LogP contribution in [0.25, 0.3) is 0 Å². The number of aliphatic hydroxyl groups is 1. The van der Waals surface area contributed by atoms with Crippen LogP contribution >= 0.6 is 11.6 Å². The molecule has 2 bridgehead atoms. The largest absolute Gasteiger partial charge is 0.490 e. The number of halogens is 1. The van der Waals surface area contributed by atoms with Crippen LogP contribution in [0.2, 0.25) is 5.02 Å². The number of nitrogens with zero attached hydrogens (tertiary/aromatic N) is 2. The summed E-state index contributed by atoms with van der Waals surface area (Å²) in [5.74, 6) is -0.226. The topological polar surface area (TPSA) is 73.2 Å². The standard InChI is InChI=1S/C35H43ClN2O4/c1-22-6-4-8-32(39)28-12-9-26(28)19-38-20-35(15-5-7-25-17-27(36)11-13-30(25)35)21-42-33-14-10-24(18-31(33)38)29(34(40)41)16-23(2)37(22)3/h4,8,10-11,13-14,17-18,22,26,28-29,32,39H,2,5-7,9,12,15-16,19-21H2,1,3H3,(H,40,41)/b8-4+/t22-,26-,28+,29+,32-,35-/m0/s1. The molecule has 2 aromatic rings. The van der Waals surface area contributed by atoms with Crippen LogP contribution in [0.5, 0.6) is 5.75 Å². The van der Waals surface area contributed by atoms with E-state index in [2.05, 4.69) is 41.5 Å². The fraction of sp³-hybridized carbons (Fsp3) is 0.514. The highest BCUT2D eigenvalue weighted by atomic mass is 35.5. The van der Waals surface area contributed by atoms with Gasteiger partial charge in [-0.25, -0.2) is 0 Å². The van der Waals surface area contributed by atoms with Crippen LogP contribution in [-0.2, 0) is 16.6 Å². The summed E-state index contributed by atoms with van der Waals surface area (Å²) < 4.78 is 6.63. The molecule has 0 amide bonds. The molecule has 0 saturated heterocycles. The van der Waals surface area contributed by atoms with Gasteiger partial charge in [0.15, 0.2) is 0 Å². The molecule has 7 heteroatoms. The Morgan fingerprint density at radius 3 is 2.79 bits per heavy atom. The summed E-state index contributed by atoms with van der Waals surface area (Å²) in [5, 5.41) is 22.3. The van der Waals surface area contributed by atoms with Gasteiger partial charge in [0, 0.05) is 48.7 Å². The first-order chi connectivity index (χ1) is 20.1. The van der Waals surface area contributed by atoms with E-state index >= 15 is 0 Å². The van der Waals surface area contributed by atoms with Crippen molar-refractivity contribution in [1.82, 2.24) is 4.90 Å². The lowest BCUT2D eigenvalue weighted by Crippen LogP contribution is -2.49. The minimum absolute atomic E-state index is 0.140. The van der Waals surface area contributed by atoms with E-state index in [-0.39, 0.29) is 17.4 Å². The molecule has 4 aliphatic rings. The molecule has 2 aromatic carbocycles. The molecule has 1 spiro atoms. The van der Waals surface area contributed by atoms with Crippen LogP contribution in [0.3, 0.4) is 0 Å². The summed E-state index contributed by atoms with van der Waals surface area (Å²) in [7, 11) is 1.97. The highest BCUT2D eigenvalue weighted by Gasteiger charge is 2.44. The Labute approximate surface area is 254 Å². The molecule has 2 heterocycles. The molecule has 2 aliphatic heterocycles. The Bertz CT molecular complexity index is 1390. The predicted octanol–water partition coefficient (Wildman–Crippen LogP) is 6.55. The number of fused-ring (bicyclic) bond motifs is 4. The fourth-order valence-corrected chi connectivity index (χ4v) is 7.85. The first-order valence-corrected chi connectivity index (χ1v) is 15.8. The number of anilines is 1.